The molecule has 1 aromatic carbocycles. The number of carbonyl (C=O) groups is 3. The quantitative estimate of drug-likeness (QED) is 0.190. The van der Waals surface area contributed by atoms with Gasteiger partial charge in [-0.05, 0) is 36.5 Å². The monoisotopic (exact) mass is 554 g/mol. The summed E-state index contributed by atoms with van der Waals surface area (Å²) >= 11 is 0. The summed E-state index contributed by atoms with van der Waals surface area (Å²) in [5.41, 5.74) is 1.18. The first kappa shape index (κ1) is 32.9. The average Bonchev–Trinajstić information content (AvgIpc) is 2.96. The van der Waals surface area contributed by atoms with Gasteiger partial charge in [-0.1, -0.05) is 83.7 Å². The van der Waals surface area contributed by atoms with Crippen LogP contribution in [-0.2, 0) is 16.0 Å². The standard InChI is InChI=1S/C31H46N4O5/c1-5-6-7-11-16-25(34-30(39)24-15-12-17-32-20-24)31(40)35-26(18-23-13-9-8-10-14-23)28(37)27(36)22(4)29(38)33-19-21(2)3/h8-10,12-15,17,20-22,25-28,36-37H,5-7,11,16,18-19H2,1-4H3,(H,33,38)(H,34,39)(H,35,40)/t22-,25?,26+,27-,28-/m1/s1. The number of nitrogens with zero attached hydrogens (tertiary/aromatic N) is 1. The third kappa shape index (κ3) is 11.1. The molecule has 5 atom stereocenters. The molecule has 0 saturated heterocycles. The zero-order valence-electron chi connectivity index (χ0n) is 24.2. The topological polar surface area (TPSA) is 141 Å². The maximum atomic E-state index is 13.6. The first-order chi connectivity index (χ1) is 19.1. The fraction of sp³-hybridized carbons (Fsp3) is 0.548. The van der Waals surface area contributed by atoms with Crippen molar-refractivity contribution in [2.45, 2.75) is 90.5 Å². The zero-order chi connectivity index (χ0) is 29.5. The van der Waals surface area contributed by atoms with Crippen molar-refractivity contribution < 1.29 is 24.6 Å². The first-order valence-corrected chi connectivity index (χ1v) is 14.3. The molecule has 1 unspecified atom stereocenters. The Morgan fingerprint density at radius 1 is 0.875 bits per heavy atom. The second kappa shape index (κ2) is 17.4. The molecule has 220 valence electrons. The molecule has 1 heterocycles. The molecule has 2 rings (SSSR count). The molecule has 0 aliphatic carbocycles. The highest BCUT2D eigenvalue weighted by Gasteiger charge is 2.35. The Labute approximate surface area is 238 Å². The second-order valence-electron chi connectivity index (χ2n) is 10.8. The summed E-state index contributed by atoms with van der Waals surface area (Å²) in [6, 6.07) is 10.8. The SMILES string of the molecule is CCCCCCC(NC(=O)c1cccnc1)C(=O)N[C@@H](Cc1ccccc1)[C@@H](O)[C@H](O)[C@@H](C)C(=O)NCC(C)C. The van der Waals surface area contributed by atoms with Crippen molar-refractivity contribution >= 4 is 17.7 Å². The molecule has 0 bridgehead atoms. The van der Waals surface area contributed by atoms with E-state index in [4.69, 9.17) is 0 Å². The van der Waals surface area contributed by atoms with Gasteiger partial charge in [0, 0.05) is 18.9 Å². The Morgan fingerprint density at radius 2 is 1.60 bits per heavy atom. The van der Waals surface area contributed by atoms with Crippen LogP contribution in [0.3, 0.4) is 0 Å². The molecular formula is C31H46N4O5. The van der Waals surface area contributed by atoms with Crippen LogP contribution in [0.1, 0.15) is 75.7 Å². The van der Waals surface area contributed by atoms with E-state index >= 15 is 0 Å². The second-order valence-corrected chi connectivity index (χ2v) is 10.8. The summed E-state index contributed by atoms with van der Waals surface area (Å²) in [6.07, 6.45) is 4.50. The van der Waals surface area contributed by atoms with Gasteiger partial charge in [-0.3, -0.25) is 19.4 Å². The number of carbonyl (C=O) groups excluding carboxylic acids is 3. The summed E-state index contributed by atoms with van der Waals surface area (Å²) in [5, 5.41) is 30.7. The number of amides is 3. The molecular weight excluding hydrogens is 508 g/mol. The van der Waals surface area contributed by atoms with Gasteiger partial charge in [-0.25, -0.2) is 0 Å². The van der Waals surface area contributed by atoms with Gasteiger partial charge in [0.05, 0.1) is 23.6 Å². The normalized spacial score (nSPS) is 15.0. The molecule has 0 saturated carbocycles. The number of pyridine rings is 1. The summed E-state index contributed by atoms with van der Waals surface area (Å²) in [7, 11) is 0. The smallest absolute Gasteiger partial charge is 0.253 e. The van der Waals surface area contributed by atoms with Crippen molar-refractivity contribution in [2.24, 2.45) is 11.8 Å². The van der Waals surface area contributed by atoms with Crippen LogP contribution in [0.4, 0.5) is 0 Å². The lowest BCUT2D eigenvalue weighted by Crippen LogP contribution is -2.57. The molecule has 0 aliphatic rings. The Bertz CT molecular complexity index is 1030. The van der Waals surface area contributed by atoms with Crippen molar-refractivity contribution in [2.75, 3.05) is 6.54 Å². The van der Waals surface area contributed by atoms with Gasteiger partial charge >= 0.3 is 0 Å². The number of rotatable bonds is 17. The Hall–Kier alpha value is -3.30. The molecule has 0 radical (unpaired) electrons. The van der Waals surface area contributed by atoms with Crippen LogP contribution in [0.25, 0.3) is 0 Å². The highest BCUT2D eigenvalue weighted by atomic mass is 16.3. The molecule has 0 aliphatic heterocycles. The Balaban J connectivity index is 2.23. The summed E-state index contributed by atoms with van der Waals surface area (Å²) in [6.45, 7) is 8.03. The number of hydrogen-bond acceptors (Lipinski definition) is 6. The van der Waals surface area contributed by atoms with Crippen molar-refractivity contribution in [3.05, 3.63) is 66.0 Å². The van der Waals surface area contributed by atoms with Crippen molar-refractivity contribution in [3.63, 3.8) is 0 Å². The maximum Gasteiger partial charge on any atom is 0.253 e. The lowest BCUT2D eigenvalue weighted by atomic mass is 9.90. The molecule has 5 N–H and O–H groups in total. The minimum Gasteiger partial charge on any atom is -0.390 e. The van der Waals surface area contributed by atoms with Crippen LogP contribution in [0.2, 0.25) is 0 Å². The van der Waals surface area contributed by atoms with Crippen LogP contribution < -0.4 is 16.0 Å². The average molecular weight is 555 g/mol. The van der Waals surface area contributed by atoms with Crippen LogP contribution in [0.15, 0.2) is 54.9 Å². The van der Waals surface area contributed by atoms with Gasteiger partial charge in [-0.15, -0.1) is 0 Å². The van der Waals surface area contributed by atoms with E-state index in [1.165, 1.54) is 6.20 Å². The van der Waals surface area contributed by atoms with Crippen molar-refractivity contribution in [3.8, 4) is 0 Å². The lowest BCUT2D eigenvalue weighted by Gasteiger charge is -2.32. The molecule has 2 aromatic rings. The fourth-order valence-corrected chi connectivity index (χ4v) is 4.35. The van der Waals surface area contributed by atoms with Crippen LogP contribution >= 0.6 is 0 Å². The number of unbranched alkanes of at least 4 members (excludes halogenated alkanes) is 3. The van der Waals surface area contributed by atoms with Crippen LogP contribution in [0, 0.1) is 11.8 Å². The third-order valence-electron chi connectivity index (χ3n) is 6.89. The van der Waals surface area contributed by atoms with Gasteiger partial charge in [0.2, 0.25) is 11.8 Å². The van der Waals surface area contributed by atoms with Gasteiger partial charge in [0.1, 0.15) is 12.1 Å². The predicted molar refractivity (Wildman–Crippen MR) is 155 cm³/mol. The first-order valence-electron chi connectivity index (χ1n) is 14.3. The number of hydrogen-bond donors (Lipinski definition) is 5. The minimum atomic E-state index is -1.43. The summed E-state index contributed by atoms with van der Waals surface area (Å²) < 4.78 is 0. The highest BCUT2D eigenvalue weighted by molar-refractivity contribution is 5.97. The maximum absolute atomic E-state index is 13.6. The molecule has 0 spiro atoms. The molecule has 9 heteroatoms. The molecule has 0 fully saturated rings. The van der Waals surface area contributed by atoms with E-state index < -0.39 is 42.0 Å². The minimum absolute atomic E-state index is 0.226. The van der Waals surface area contributed by atoms with E-state index in [-0.39, 0.29) is 18.2 Å². The van der Waals surface area contributed by atoms with E-state index in [1.807, 2.05) is 44.2 Å². The molecule has 3 amide bonds. The predicted octanol–water partition coefficient (Wildman–Crippen LogP) is 3.01. The van der Waals surface area contributed by atoms with E-state index in [0.29, 0.717) is 18.5 Å². The highest BCUT2D eigenvalue weighted by Crippen LogP contribution is 2.16. The molecule has 40 heavy (non-hydrogen) atoms. The number of nitrogens with one attached hydrogen (secondary N) is 3. The van der Waals surface area contributed by atoms with Crippen molar-refractivity contribution in [1.82, 2.24) is 20.9 Å². The van der Waals surface area contributed by atoms with E-state index in [2.05, 4.69) is 27.9 Å². The largest absolute Gasteiger partial charge is 0.390 e. The summed E-state index contributed by atoms with van der Waals surface area (Å²) in [5.74, 6) is -1.92. The fourth-order valence-electron chi connectivity index (χ4n) is 4.35. The van der Waals surface area contributed by atoms with E-state index in [9.17, 15) is 24.6 Å². The molecule has 1 aromatic heterocycles. The zero-order valence-corrected chi connectivity index (χ0v) is 24.2. The third-order valence-corrected chi connectivity index (χ3v) is 6.89. The van der Waals surface area contributed by atoms with E-state index in [0.717, 1.165) is 31.2 Å². The number of benzene rings is 1. The summed E-state index contributed by atoms with van der Waals surface area (Å²) in [4.78, 5) is 43.0. The number of aliphatic hydroxyl groups excluding tert-OH is 2. The van der Waals surface area contributed by atoms with Crippen LogP contribution in [-0.4, -0.2) is 63.8 Å². The van der Waals surface area contributed by atoms with Gasteiger partial charge < -0.3 is 26.2 Å². The van der Waals surface area contributed by atoms with Gasteiger partial charge in [-0.2, -0.15) is 0 Å². The van der Waals surface area contributed by atoms with E-state index in [1.54, 1.807) is 25.3 Å². The van der Waals surface area contributed by atoms with Crippen LogP contribution in [0.5, 0.6) is 0 Å². The lowest BCUT2D eigenvalue weighted by molar-refractivity contribution is -0.133. The Morgan fingerprint density at radius 3 is 2.23 bits per heavy atom. The number of aliphatic hydroxyl groups is 2. The van der Waals surface area contributed by atoms with Gasteiger partial charge in [0.15, 0.2) is 0 Å². The van der Waals surface area contributed by atoms with Gasteiger partial charge in [0.25, 0.3) is 5.91 Å². The van der Waals surface area contributed by atoms with Crippen molar-refractivity contribution in [1.29, 1.82) is 0 Å². The number of aromatic nitrogens is 1. The Kier molecular flexibility index (Phi) is 14.3. The molecule has 9 nitrogen and oxygen atoms in total.